The fourth-order valence-corrected chi connectivity index (χ4v) is 3.52. The Labute approximate surface area is 158 Å². The molecule has 1 aromatic heterocycles. The first-order valence-electron chi connectivity index (χ1n) is 9.44. The van der Waals surface area contributed by atoms with Crippen molar-refractivity contribution in [2.45, 2.75) is 38.8 Å². The van der Waals surface area contributed by atoms with Crippen LogP contribution in [0.1, 0.15) is 47.7 Å². The number of carbonyl (C=O) groups excluding carboxylic acids is 2. The number of nitrogens with zero attached hydrogens (tertiary/aromatic N) is 3. The van der Waals surface area contributed by atoms with Gasteiger partial charge in [0.05, 0.1) is 18.2 Å². The number of hydrogen-bond donors (Lipinski definition) is 2. The summed E-state index contributed by atoms with van der Waals surface area (Å²) in [6.45, 7) is 3.90. The molecule has 0 saturated heterocycles. The summed E-state index contributed by atoms with van der Waals surface area (Å²) in [6, 6.07) is 6.19. The van der Waals surface area contributed by atoms with E-state index in [-0.39, 0.29) is 30.0 Å². The molecule has 27 heavy (non-hydrogen) atoms. The van der Waals surface area contributed by atoms with E-state index in [1.165, 1.54) is 18.9 Å². The molecule has 0 spiro atoms. The Bertz CT molecular complexity index is 872. The summed E-state index contributed by atoms with van der Waals surface area (Å²) in [7, 11) is 0. The van der Waals surface area contributed by atoms with Crippen LogP contribution in [-0.2, 0) is 17.8 Å². The van der Waals surface area contributed by atoms with Crippen LogP contribution in [0.3, 0.4) is 0 Å². The Kier molecular flexibility index (Phi) is 4.59. The number of aromatic hydroxyl groups is 1. The molecule has 1 aliphatic heterocycles. The predicted molar refractivity (Wildman–Crippen MR) is 99.2 cm³/mol. The molecule has 1 atom stereocenters. The lowest BCUT2D eigenvalue weighted by Gasteiger charge is -2.33. The molecular formula is C20H24N4O3. The molecule has 0 radical (unpaired) electrons. The van der Waals surface area contributed by atoms with E-state index >= 15 is 0 Å². The van der Waals surface area contributed by atoms with Crippen LogP contribution in [0.5, 0.6) is 5.75 Å². The Morgan fingerprint density at radius 2 is 2.11 bits per heavy atom. The predicted octanol–water partition coefficient (Wildman–Crippen LogP) is 1.87. The van der Waals surface area contributed by atoms with E-state index in [0.717, 1.165) is 18.1 Å². The normalized spacial score (nSPS) is 18.9. The maximum atomic E-state index is 12.8. The van der Waals surface area contributed by atoms with Crippen molar-refractivity contribution in [2.75, 3.05) is 13.1 Å². The minimum Gasteiger partial charge on any atom is -0.508 e. The second-order valence-corrected chi connectivity index (χ2v) is 7.43. The third-order valence-electron chi connectivity index (χ3n) is 5.26. The van der Waals surface area contributed by atoms with Gasteiger partial charge < -0.3 is 19.9 Å². The SMILES string of the molecule is C[C@@H]1c2nc(CC(=O)NCC3CC3)cn2CCN1C(=O)c1cccc(O)c1. The summed E-state index contributed by atoms with van der Waals surface area (Å²) < 4.78 is 2.03. The van der Waals surface area contributed by atoms with Crippen molar-refractivity contribution in [1.82, 2.24) is 19.8 Å². The highest BCUT2D eigenvalue weighted by molar-refractivity contribution is 5.94. The van der Waals surface area contributed by atoms with Crippen molar-refractivity contribution >= 4 is 11.8 Å². The molecule has 1 aliphatic carbocycles. The second-order valence-electron chi connectivity index (χ2n) is 7.43. The lowest BCUT2D eigenvalue weighted by molar-refractivity contribution is -0.120. The van der Waals surface area contributed by atoms with Crippen LogP contribution in [0, 0.1) is 5.92 Å². The molecule has 1 saturated carbocycles. The molecule has 0 unspecified atom stereocenters. The molecule has 142 valence electrons. The highest BCUT2D eigenvalue weighted by Gasteiger charge is 2.30. The van der Waals surface area contributed by atoms with Crippen LogP contribution >= 0.6 is 0 Å². The smallest absolute Gasteiger partial charge is 0.254 e. The summed E-state index contributed by atoms with van der Waals surface area (Å²) >= 11 is 0. The molecular weight excluding hydrogens is 344 g/mol. The van der Waals surface area contributed by atoms with Gasteiger partial charge in [-0.1, -0.05) is 6.07 Å². The monoisotopic (exact) mass is 368 g/mol. The fraction of sp³-hybridized carbons (Fsp3) is 0.450. The Hall–Kier alpha value is -2.83. The highest BCUT2D eigenvalue weighted by Crippen LogP contribution is 2.28. The molecule has 2 aromatic rings. The maximum Gasteiger partial charge on any atom is 0.254 e. The number of aromatic nitrogens is 2. The summed E-state index contributed by atoms with van der Waals surface area (Å²) in [5.41, 5.74) is 1.19. The zero-order chi connectivity index (χ0) is 19.0. The van der Waals surface area contributed by atoms with Gasteiger partial charge in [-0.05, 0) is 43.9 Å². The molecule has 0 bridgehead atoms. The van der Waals surface area contributed by atoms with E-state index in [1.807, 2.05) is 17.7 Å². The maximum absolute atomic E-state index is 12.8. The summed E-state index contributed by atoms with van der Waals surface area (Å²) in [6.07, 6.45) is 4.60. The zero-order valence-electron chi connectivity index (χ0n) is 15.4. The first-order chi connectivity index (χ1) is 13.0. The van der Waals surface area contributed by atoms with Crippen molar-refractivity contribution in [3.63, 3.8) is 0 Å². The number of hydrogen-bond acceptors (Lipinski definition) is 4. The number of rotatable bonds is 5. The molecule has 7 heteroatoms. The largest absolute Gasteiger partial charge is 0.508 e. The topological polar surface area (TPSA) is 87.5 Å². The number of phenolic OH excluding ortho intramolecular Hbond substituents is 1. The number of amides is 2. The lowest BCUT2D eigenvalue weighted by atomic mass is 10.1. The molecule has 7 nitrogen and oxygen atoms in total. The number of phenols is 1. The molecule has 1 aromatic carbocycles. The summed E-state index contributed by atoms with van der Waals surface area (Å²) in [4.78, 5) is 31.3. The van der Waals surface area contributed by atoms with Crippen molar-refractivity contribution in [3.8, 4) is 5.75 Å². The second kappa shape index (κ2) is 7.06. The van der Waals surface area contributed by atoms with E-state index in [9.17, 15) is 14.7 Å². The van der Waals surface area contributed by atoms with Crippen molar-refractivity contribution in [3.05, 3.63) is 47.5 Å². The Morgan fingerprint density at radius 3 is 2.85 bits per heavy atom. The van der Waals surface area contributed by atoms with E-state index in [2.05, 4.69) is 10.3 Å². The van der Waals surface area contributed by atoms with Crippen molar-refractivity contribution in [2.24, 2.45) is 5.92 Å². The van der Waals surface area contributed by atoms with Crippen molar-refractivity contribution in [1.29, 1.82) is 0 Å². The van der Waals surface area contributed by atoms with E-state index in [4.69, 9.17) is 0 Å². The van der Waals surface area contributed by atoms with E-state index in [1.54, 1.807) is 23.1 Å². The van der Waals surface area contributed by atoms with E-state index in [0.29, 0.717) is 24.6 Å². The number of benzene rings is 1. The number of fused-ring (bicyclic) bond motifs is 1. The lowest BCUT2D eigenvalue weighted by Crippen LogP contribution is -2.41. The van der Waals surface area contributed by atoms with E-state index < -0.39 is 0 Å². The number of imidazole rings is 1. The van der Waals surface area contributed by atoms with Gasteiger partial charge in [-0.2, -0.15) is 0 Å². The van der Waals surface area contributed by atoms with Gasteiger partial charge in [0.2, 0.25) is 5.91 Å². The average molecular weight is 368 g/mol. The van der Waals surface area contributed by atoms with Crippen LogP contribution < -0.4 is 5.32 Å². The summed E-state index contributed by atoms with van der Waals surface area (Å²) in [5.74, 6) is 1.39. The minimum absolute atomic E-state index is 0.00214. The van der Waals surface area contributed by atoms with Gasteiger partial charge in [0.25, 0.3) is 5.91 Å². The first-order valence-corrected chi connectivity index (χ1v) is 9.44. The Morgan fingerprint density at radius 1 is 1.30 bits per heavy atom. The van der Waals surface area contributed by atoms with Crippen LogP contribution in [0.4, 0.5) is 0 Å². The van der Waals surface area contributed by atoms with Gasteiger partial charge in [0.15, 0.2) is 0 Å². The van der Waals surface area contributed by atoms with Gasteiger partial charge >= 0.3 is 0 Å². The third-order valence-corrected chi connectivity index (χ3v) is 5.26. The standard InChI is InChI=1S/C20H24N4O3/c1-13-19-22-16(10-18(26)21-11-14-5-6-14)12-23(19)7-8-24(13)20(27)15-3-2-4-17(25)9-15/h2-4,9,12-14,25H,5-8,10-11H2,1H3,(H,21,26)/t13-/m1/s1. The van der Waals surface area contributed by atoms with Crippen LogP contribution in [-0.4, -0.2) is 44.5 Å². The van der Waals surface area contributed by atoms with Crippen LogP contribution in [0.25, 0.3) is 0 Å². The van der Waals surface area contributed by atoms with Crippen LogP contribution in [0.2, 0.25) is 0 Å². The average Bonchev–Trinajstić information content (AvgIpc) is 3.39. The molecule has 1 fully saturated rings. The molecule has 4 rings (SSSR count). The molecule has 2 N–H and O–H groups in total. The van der Waals surface area contributed by atoms with Gasteiger partial charge in [-0.3, -0.25) is 9.59 Å². The third kappa shape index (κ3) is 3.82. The Balaban J connectivity index is 1.45. The number of carbonyl (C=O) groups is 2. The molecule has 2 heterocycles. The molecule has 2 aliphatic rings. The fourth-order valence-electron chi connectivity index (χ4n) is 3.52. The van der Waals surface area contributed by atoms with Gasteiger partial charge in [0.1, 0.15) is 11.6 Å². The highest BCUT2D eigenvalue weighted by atomic mass is 16.3. The minimum atomic E-state index is -0.197. The van der Waals surface area contributed by atoms with Gasteiger partial charge in [0, 0.05) is 31.4 Å². The molecule has 2 amide bonds. The van der Waals surface area contributed by atoms with Crippen molar-refractivity contribution < 1.29 is 14.7 Å². The van der Waals surface area contributed by atoms with Gasteiger partial charge in [-0.15, -0.1) is 0 Å². The first kappa shape index (κ1) is 17.6. The number of nitrogens with one attached hydrogen (secondary N) is 1. The van der Waals surface area contributed by atoms with Crippen LogP contribution in [0.15, 0.2) is 30.5 Å². The zero-order valence-corrected chi connectivity index (χ0v) is 15.4. The van der Waals surface area contributed by atoms with Gasteiger partial charge in [-0.25, -0.2) is 4.98 Å². The quantitative estimate of drug-likeness (QED) is 0.843. The summed E-state index contributed by atoms with van der Waals surface area (Å²) in [5, 5.41) is 12.6.